The smallest absolute Gasteiger partial charge is 0.0713 e. The Morgan fingerprint density at radius 3 is 1.10 bits per heavy atom. The standard InChI is InChI=1S/C71H51N/c1-69(49-22-7-3-8-23-49)62-34-18-15-30-57(62)59-44-42-54(46-66(59)69)72(55-43-45-60-58-31-16-19-35-63(58)70(2,67(60)47-55)50-24-9-4-10-25-50)53-40-38-48(39-41-53)56-33-21-37-65-68(56)61-32-17-20-36-64(61)71(65,51-26-11-5-12-27-51)52-28-13-6-14-29-52/h3-47H,1-2H3. The fraction of sp³-hybridized carbons (Fsp3) is 0.0704. The zero-order valence-corrected chi connectivity index (χ0v) is 40.4. The number of rotatable bonds is 8. The van der Waals surface area contributed by atoms with Crippen LogP contribution in [0, 0.1) is 0 Å². The predicted molar refractivity (Wildman–Crippen MR) is 299 cm³/mol. The molecule has 340 valence electrons. The summed E-state index contributed by atoms with van der Waals surface area (Å²) in [6.45, 7) is 4.82. The molecule has 0 N–H and O–H groups in total. The van der Waals surface area contributed by atoms with Gasteiger partial charge in [-0.25, -0.2) is 0 Å². The molecule has 0 saturated heterocycles. The van der Waals surface area contributed by atoms with Crippen molar-refractivity contribution in [2.45, 2.75) is 30.1 Å². The molecule has 0 heterocycles. The maximum absolute atomic E-state index is 2.49. The summed E-state index contributed by atoms with van der Waals surface area (Å²) >= 11 is 0. The molecule has 2 unspecified atom stereocenters. The van der Waals surface area contributed by atoms with E-state index in [9.17, 15) is 0 Å². The first kappa shape index (κ1) is 42.1. The maximum atomic E-state index is 2.49. The molecule has 0 aliphatic heterocycles. The lowest BCUT2D eigenvalue weighted by Crippen LogP contribution is -2.28. The molecule has 0 spiro atoms. The van der Waals surface area contributed by atoms with E-state index in [2.05, 4.69) is 292 Å². The molecule has 0 radical (unpaired) electrons. The lowest BCUT2D eigenvalue weighted by molar-refractivity contribution is 0.713. The van der Waals surface area contributed by atoms with Crippen LogP contribution in [0.15, 0.2) is 273 Å². The average molecular weight is 918 g/mol. The van der Waals surface area contributed by atoms with Gasteiger partial charge < -0.3 is 4.90 Å². The molecule has 11 aromatic rings. The van der Waals surface area contributed by atoms with Crippen LogP contribution in [0.2, 0.25) is 0 Å². The highest BCUT2D eigenvalue weighted by molar-refractivity contribution is 5.96. The van der Waals surface area contributed by atoms with Gasteiger partial charge in [-0.2, -0.15) is 0 Å². The first-order chi connectivity index (χ1) is 35.5. The Bertz CT molecular complexity index is 3690. The van der Waals surface area contributed by atoms with Crippen LogP contribution in [-0.2, 0) is 16.2 Å². The minimum absolute atomic E-state index is 0.344. The zero-order valence-electron chi connectivity index (χ0n) is 40.4. The number of hydrogen-bond donors (Lipinski definition) is 0. The van der Waals surface area contributed by atoms with Crippen molar-refractivity contribution in [3.05, 3.63) is 329 Å². The van der Waals surface area contributed by atoms with E-state index in [0.717, 1.165) is 17.1 Å². The molecule has 3 aliphatic carbocycles. The van der Waals surface area contributed by atoms with Gasteiger partial charge in [-0.3, -0.25) is 0 Å². The van der Waals surface area contributed by atoms with Crippen LogP contribution in [0.3, 0.4) is 0 Å². The van der Waals surface area contributed by atoms with Crippen LogP contribution in [0.4, 0.5) is 17.1 Å². The maximum Gasteiger partial charge on any atom is 0.0713 e. The highest BCUT2D eigenvalue weighted by Gasteiger charge is 2.47. The van der Waals surface area contributed by atoms with Crippen LogP contribution in [0.25, 0.3) is 44.5 Å². The van der Waals surface area contributed by atoms with E-state index in [1.165, 1.54) is 100 Å². The summed E-state index contributed by atoms with van der Waals surface area (Å²) in [6, 6.07) is 102. The molecule has 14 rings (SSSR count). The van der Waals surface area contributed by atoms with Crippen molar-refractivity contribution in [2.24, 2.45) is 0 Å². The van der Waals surface area contributed by atoms with Crippen molar-refractivity contribution in [3.8, 4) is 44.5 Å². The summed E-state index contributed by atoms with van der Waals surface area (Å²) < 4.78 is 0. The van der Waals surface area contributed by atoms with Gasteiger partial charge in [-0.15, -0.1) is 0 Å². The Morgan fingerprint density at radius 2 is 0.611 bits per heavy atom. The molecule has 0 saturated carbocycles. The second-order valence-corrected chi connectivity index (χ2v) is 20.2. The lowest BCUT2D eigenvalue weighted by Gasteiger charge is -2.34. The fourth-order valence-electron chi connectivity index (χ4n) is 13.4. The topological polar surface area (TPSA) is 3.24 Å². The van der Waals surface area contributed by atoms with Crippen molar-refractivity contribution in [2.75, 3.05) is 4.90 Å². The van der Waals surface area contributed by atoms with Gasteiger partial charge in [0, 0.05) is 27.9 Å². The summed E-state index contributed by atoms with van der Waals surface area (Å²) in [6.07, 6.45) is 0. The Hall–Kier alpha value is -8.78. The van der Waals surface area contributed by atoms with Crippen LogP contribution in [0.1, 0.15) is 69.5 Å². The molecule has 2 atom stereocenters. The molecule has 0 fully saturated rings. The van der Waals surface area contributed by atoms with Crippen LogP contribution >= 0.6 is 0 Å². The summed E-state index contributed by atoms with van der Waals surface area (Å²) in [4.78, 5) is 2.49. The van der Waals surface area contributed by atoms with E-state index >= 15 is 0 Å². The Morgan fingerprint density at radius 1 is 0.250 bits per heavy atom. The molecule has 1 nitrogen and oxygen atoms in total. The van der Waals surface area contributed by atoms with Gasteiger partial charge in [0.1, 0.15) is 0 Å². The SMILES string of the molecule is CC1(c2ccccc2)c2ccccc2-c2ccc(N(c3ccc(-c4cccc5c4-c4ccccc4C5(c4ccccc4)c4ccccc4)cc3)c3ccc4c(c3)C(C)(c3ccccc3)c3ccccc3-4)cc21. The summed E-state index contributed by atoms with van der Waals surface area (Å²) in [7, 11) is 0. The zero-order chi connectivity index (χ0) is 48.0. The first-order valence-corrected chi connectivity index (χ1v) is 25.3. The van der Waals surface area contributed by atoms with E-state index in [-0.39, 0.29) is 10.8 Å². The van der Waals surface area contributed by atoms with E-state index < -0.39 is 5.41 Å². The number of benzene rings is 11. The van der Waals surface area contributed by atoms with Gasteiger partial charge in [-0.1, -0.05) is 237 Å². The predicted octanol–water partition coefficient (Wildman–Crippen LogP) is 17.9. The number of anilines is 3. The van der Waals surface area contributed by atoms with Gasteiger partial charge in [0.2, 0.25) is 0 Å². The third-order valence-corrected chi connectivity index (χ3v) is 16.7. The number of nitrogens with zero attached hydrogens (tertiary/aromatic N) is 1. The van der Waals surface area contributed by atoms with Crippen molar-refractivity contribution >= 4 is 17.1 Å². The van der Waals surface area contributed by atoms with Crippen molar-refractivity contribution in [3.63, 3.8) is 0 Å². The molecule has 0 bridgehead atoms. The quantitative estimate of drug-likeness (QED) is 0.147. The molecule has 3 aliphatic rings. The molecule has 11 aromatic carbocycles. The van der Waals surface area contributed by atoms with Crippen molar-refractivity contribution in [1.29, 1.82) is 0 Å². The third-order valence-electron chi connectivity index (χ3n) is 16.7. The largest absolute Gasteiger partial charge is 0.310 e. The molecule has 1 heteroatoms. The van der Waals surface area contributed by atoms with Crippen LogP contribution in [0.5, 0.6) is 0 Å². The monoisotopic (exact) mass is 917 g/mol. The average Bonchev–Trinajstić information content (AvgIpc) is 4.01. The number of hydrogen-bond acceptors (Lipinski definition) is 1. The molecule has 0 aromatic heterocycles. The molecule has 0 amide bonds. The Labute approximate surface area is 423 Å². The van der Waals surface area contributed by atoms with Crippen LogP contribution < -0.4 is 4.90 Å². The van der Waals surface area contributed by atoms with Gasteiger partial charge in [0.15, 0.2) is 0 Å². The minimum Gasteiger partial charge on any atom is -0.310 e. The second kappa shape index (κ2) is 16.1. The van der Waals surface area contributed by atoms with E-state index in [4.69, 9.17) is 0 Å². The van der Waals surface area contributed by atoms with Gasteiger partial charge in [-0.05, 0) is 150 Å². The van der Waals surface area contributed by atoms with Crippen LogP contribution in [-0.4, -0.2) is 0 Å². The minimum atomic E-state index is -0.468. The van der Waals surface area contributed by atoms with E-state index in [1.54, 1.807) is 0 Å². The first-order valence-electron chi connectivity index (χ1n) is 25.3. The number of fused-ring (bicyclic) bond motifs is 9. The van der Waals surface area contributed by atoms with Gasteiger partial charge >= 0.3 is 0 Å². The lowest BCUT2D eigenvalue weighted by atomic mass is 9.67. The second-order valence-electron chi connectivity index (χ2n) is 20.2. The molecule has 72 heavy (non-hydrogen) atoms. The van der Waals surface area contributed by atoms with Crippen molar-refractivity contribution in [1.82, 2.24) is 0 Å². The van der Waals surface area contributed by atoms with Gasteiger partial charge in [0.05, 0.1) is 5.41 Å². The third kappa shape index (κ3) is 5.89. The highest BCUT2D eigenvalue weighted by atomic mass is 15.1. The summed E-state index contributed by atoms with van der Waals surface area (Å²) in [5.74, 6) is 0. The molecular weight excluding hydrogens is 867 g/mol. The summed E-state index contributed by atoms with van der Waals surface area (Å²) in [5, 5.41) is 0. The van der Waals surface area contributed by atoms with Crippen molar-refractivity contribution < 1.29 is 0 Å². The summed E-state index contributed by atoms with van der Waals surface area (Å²) in [5.41, 5.74) is 25.4. The molecular formula is C71H51N. The van der Waals surface area contributed by atoms with Gasteiger partial charge in [0.25, 0.3) is 0 Å². The normalized spacial score (nSPS) is 17.2. The fourth-order valence-corrected chi connectivity index (χ4v) is 13.4. The Kier molecular flexibility index (Phi) is 9.44. The van der Waals surface area contributed by atoms with E-state index in [1.807, 2.05) is 0 Å². The highest BCUT2D eigenvalue weighted by Crippen LogP contribution is 2.60. The van der Waals surface area contributed by atoms with E-state index in [0.29, 0.717) is 0 Å². The Balaban J connectivity index is 0.964.